The molecule has 8 nitrogen and oxygen atoms in total. The van der Waals surface area contributed by atoms with Crippen LogP contribution >= 0.6 is 11.6 Å². The van der Waals surface area contributed by atoms with E-state index in [0.717, 1.165) is 18.5 Å². The van der Waals surface area contributed by atoms with Crippen molar-refractivity contribution in [2.45, 2.75) is 18.6 Å². The van der Waals surface area contributed by atoms with Crippen LogP contribution in [-0.2, 0) is 9.84 Å². The Bertz CT molecular complexity index is 687. The average Bonchev–Trinajstić information content (AvgIpc) is 2.35. The van der Waals surface area contributed by atoms with Crippen LogP contribution in [0.15, 0.2) is 12.3 Å². The molecule has 0 bridgehead atoms. The van der Waals surface area contributed by atoms with E-state index in [-0.39, 0.29) is 22.9 Å². The van der Waals surface area contributed by atoms with Crippen LogP contribution in [0.1, 0.15) is 24.2 Å². The van der Waals surface area contributed by atoms with Crippen molar-refractivity contribution in [2.24, 2.45) is 0 Å². The van der Waals surface area contributed by atoms with E-state index in [1.807, 2.05) is 0 Å². The number of aromatic nitrogens is 1. The van der Waals surface area contributed by atoms with E-state index in [1.165, 1.54) is 13.8 Å². The summed E-state index contributed by atoms with van der Waals surface area (Å²) in [6, 6.07) is 0.984. The third kappa shape index (κ3) is 4.11. The minimum absolute atomic E-state index is 0.163. The summed E-state index contributed by atoms with van der Waals surface area (Å²) < 4.78 is 21.9. The molecule has 0 saturated heterocycles. The molecule has 1 heterocycles. The highest BCUT2D eigenvalue weighted by Gasteiger charge is 2.31. The molecule has 0 aromatic carbocycles. The fraction of sp³-hybridized carbons (Fsp3) is 0.455. The van der Waals surface area contributed by atoms with Crippen molar-refractivity contribution in [3.63, 3.8) is 0 Å². The second-order valence-electron chi connectivity index (χ2n) is 5.00. The van der Waals surface area contributed by atoms with Gasteiger partial charge < -0.3 is 5.32 Å². The molecule has 10 heteroatoms. The molecule has 0 unspecified atom stereocenters. The van der Waals surface area contributed by atoms with Gasteiger partial charge in [-0.2, -0.15) is 0 Å². The molecule has 0 saturated carbocycles. The van der Waals surface area contributed by atoms with Gasteiger partial charge in [0.1, 0.15) is 11.3 Å². The lowest BCUT2D eigenvalue weighted by atomic mass is 10.2. The fourth-order valence-corrected chi connectivity index (χ4v) is 1.74. The van der Waals surface area contributed by atoms with Gasteiger partial charge in [0.2, 0.25) is 0 Å². The maximum atomic E-state index is 12.0. The predicted molar refractivity (Wildman–Crippen MR) is 77.2 cm³/mol. The standard InChI is InChI=1S/C11H14ClN3O5S/c1-11(2,21(3,19)20)6-14-10(16)8-4-7(15(17)18)5-13-9(8)12/h4-5H,6H2,1-3H3,(H,14,16). The van der Waals surface area contributed by atoms with Crippen LogP contribution in [0.2, 0.25) is 5.15 Å². The SMILES string of the molecule is CC(C)(CNC(=O)c1cc([N+](=O)[O-])cnc1Cl)S(C)(=O)=O. The van der Waals surface area contributed by atoms with Gasteiger partial charge in [0.25, 0.3) is 11.6 Å². The molecule has 1 aromatic rings. The highest BCUT2D eigenvalue weighted by atomic mass is 35.5. The summed E-state index contributed by atoms with van der Waals surface area (Å²) in [6.07, 6.45) is 1.99. The average molecular weight is 336 g/mol. The van der Waals surface area contributed by atoms with Gasteiger partial charge in [0, 0.05) is 18.9 Å². The zero-order valence-electron chi connectivity index (χ0n) is 11.6. The molecule has 0 atom stereocenters. The van der Waals surface area contributed by atoms with Gasteiger partial charge in [-0.25, -0.2) is 13.4 Å². The number of hydrogen-bond donors (Lipinski definition) is 1. The molecule has 1 rings (SSSR count). The first-order valence-electron chi connectivity index (χ1n) is 5.73. The number of nitrogens with one attached hydrogen (secondary N) is 1. The second kappa shape index (κ2) is 5.94. The van der Waals surface area contributed by atoms with Crippen molar-refractivity contribution >= 4 is 33.0 Å². The summed E-state index contributed by atoms with van der Waals surface area (Å²) in [4.78, 5) is 25.5. The number of halogens is 1. The first-order valence-corrected chi connectivity index (χ1v) is 8.00. The predicted octanol–water partition coefficient (Wildman–Crippen LogP) is 1.20. The highest BCUT2D eigenvalue weighted by Crippen LogP contribution is 2.19. The lowest BCUT2D eigenvalue weighted by Crippen LogP contribution is -2.43. The quantitative estimate of drug-likeness (QED) is 0.490. The number of hydrogen-bond acceptors (Lipinski definition) is 6. The Hall–Kier alpha value is -1.74. The van der Waals surface area contributed by atoms with E-state index >= 15 is 0 Å². The molecular formula is C11H14ClN3O5S. The summed E-state index contributed by atoms with van der Waals surface area (Å²) in [7, 11) is -3.38. The molecule has 0 aliphatic carbocycles. The van der Waals surface area contributed by atoms with Gasteiger partial charge in [-0.15, -0.1) is 0 Å². The van der Waals surface area contributed by atoms with Crippen LogP contribution in [0, 0.1) is 10.1 Å². The maximum Gasteiger partial charge on any atom is 0.288 e. The summed E-state index contributed by atoms with van der Waals surface area (Å²) in [5.74, 6) is -0.729. The molecule has 0 radical (unpaired) electrons. The van der Waals surface area contributed by atoms with E-state index < -0.39 is 25.4 Å². The molecule has 0 aliphatic rings. The summed E-state index contributed by atoms with van der Waals surface area (Å²) in [6.45, 7) is 2.75. The van der Waals surface area contributed by atoms with Gasteiger partial charge in [0.15, 0.2) is 9.84 Å². The van der Waals surface area contributed by atoms with Crippen LogP contribution in [0.3, 0.4) is 0 Å². The molecule has 0 fully saturated rings. The van der Waals surface area contributed by atoms with E-state index in [9.17, 15) is 23.3 Å². The van der Waals surface area contributed by atoms with Crippen molar-refractivity contribution in [1.29, 1.82) is 0 Å². The number of rotatable bonds is 5. The fourth-order valence-electron chi connectivity index (χ4n) is 1.22. The summed E-state index contributed by atoms with van der Waals surface area (Å²) >= 11 is 5.72. The number of nitrogens with zero attached hydrogens (tertiary/aromatic N) is 2. The molecule has 0 aliphatic heterocycles. The van der Waals surface area contributed by atoms with Crippen LogP contribution in [0.25, 0.3) is 0 Å². The second-order valence-corrected chi connectivity index (χ2v) is 8.01. The first kappa shape index (κ1) is 17.3. The van der Waals surface area contributed by atoms with Gasteiger partial charge in [-0.3, -0.25) is 14.9 Å². The van der Waals surface area contributed by atoms with E-state index in [1.54, 1.807) is 0 Å². The van der Waals surface area contributed by atoms with Gasteiger partial charge >= 0.3 is 0 Å². The number of carbonyl (C=O) groups excluding carboxylic acids is 1. The minimum atomic E-state index is -3.38. The van der Waals surface area contributed by atoms with Gasteiger partial charge in [-0.1, -0.05) is 11.6 Å². The van der Waals surface area contributed by atoms with Crippen molar-refractivity contribution in [1.82, 2.24) is 10.3 Å². The lowest BCUT2D eigenvalue weighted by Gasteiger charge is -2.22. The van der Waals surface area contributed by atoms with Crippen LogP contribution in [0.4, 0.5) is 5.69 Å². The molecule has 1 amide bonds. The van der Waals surface area contributed by atoms with Crippen LogP contribution < -0.4 is 5.32 Å². The van der Waals surface area contributed by atoms with E-state index in [2.05, 4.69) is 10.3 Å². The molecule has 116 valence electrons. The van der Waals surface area contributed by atoms with Crippen LogP contribution in [-0.4, -0.2) is 41.8 Å². The van der Waals surface area contributed by atoms with Gasteiger partial charge in [-0.05, 0) is 13.8 Å². The maximum absolute atomic E-state index is 12.0. The molecule has 1 N–H and O–H groups in total. The first-order chi connectivity index (χ1) is 9.45. The van der Waals surface area contributed by atoms with Crippen molar-refractivity contribution in [3.05, 3.63) is 33.1 Å². The molecular weight excluding hydrogens is 322 g/mol. The minimum Gasteiger partial charge on any atom is -0.350 e. The number of carbonyl (C=O) groups is 1. The Balaban J connectivity index is 2.96. The molecule has 21 heavy (non-hydrogen) atoms. The van der Waals surface area contributed by atoms with E-state index in [4.69, 9.17) is 11.6 Å². The third-order valence-electron chi connectivity index (χ3n) is 2.96. The Labute approximate surface area is 126 Å². The number of sulfone groups is 1. The number of nitro groups is 1. The Morgan fingerprint density at radius 2 is 2.10 bits per heavy atom. The zero-order chi connectivity index (χ0) is 16.4. The van der Waals surface area contributed by atoms with Gasteiger partial charge in [0.05, 0.1) is 15.2 Å². The Morgan fingerprint density at radius 1 is 1.52 bits per heavy atom. The lowest BCUT2D eigenvalue weighted by molar-refractivity contribution is -0.385. The Kier molecular flexibility index (Phi) is 4.90. The van der Waals surface area contributed by atoms with Crippen molar-refractivity contribution in [3.8, 4) is 0 Å². The largest absolute Gasteiger partial charge is 0.350 e. The van der Waals surface area contributed by atoms with Crippen molar-refractivity contribution < 1.29 is 18.1 Å². The zero-order valence-corrected chi connectivity index (χ0v) is 13.2. The number of pyridine rings is 1. The normalized spacial score (nSPS) is 12.0. The molecule has 0 spiro atoms. The summed E-state index contributed by atoms with van der Waals surface area (Å²) in [5.41, 5.74) is -0.568. The molecule has 1 aromatic heterocycles. The van der Waals surface area contributed by atoms with Crippen molar-refractivity contribution in [2.75, 3.05) is 12.8 Å². The highest BCUT2D eigenvalue weighted by molar-refractivity contribution is 7.92. The number of amides is 1. The monoisotopic (exact) mass is 335 g/mol. The Morgan fingerprint density at radius 3 is 2.57 bits per heavy atom. The summed E-state index contributed by atoms with van der Waals surface area (Å²) in [5, 5.41) is 12.8. The van der Waals surface area contributed by atoms with Crippen LogP contribution in [0.5, 0.6) is 0 Å². The topological polar surface area (TPSA) is 119 Å². The third-order valence-corrected chi connectivity index (χ3v) is 5.41. The smallest absolute Gasteiger partial charge is 0.288 e. The van der Waals surface area contributed by atoms with E-state index in [0.29, 0.717) is 0 Å².